The van der Waals surface area contributed by atoms with Gasteiger partial charge in [-0.05, 0) is 30.3 Å². The normalized spacial score (nSPS) is 10.0. The third-order valence-corrected chi connectivity index (χ3v) is 1.88. The molecule has 14 heavy (non-hydrogen) atoms. The molecule has 1 aromatic carbocycles. The Kier molecular flexibility index (Phi) is 2.02. The lowest BCUT2D eigenvalue weighted by atomic mass is 10.3. The number of benzene rings is 1. The number of anilines is 1. The van der Waals surface area contributed by atoms with Crippen molar-refractivity contribution in [2.45, 2.75) is 0 Å². The first-order valence-corrected chi connectivity index (χ1v) is 4.17. The largest absolute Gasteiger partial charge is 0.399 e. The highest BCUT2D eigenvalue weighted by atomic mass is 16.1. The molecule has 0 bridgehead atoms. The van der Waals surface area contributed by atoms with Crippen LogP contribution in [-0.2, 0) is 0 Å². The smallest absolute Gasteiger partial charge is 0.352 e. The van der Waals surface area contributed by atoms with E-state index in [1.807, 2.05) is 0 Å². The minimum atomic E-state index is -0.294. The molecule has 0 amide bonds. The quantitative estimate of drug-likeness (QED) is 0.672. The number of nitrogen functional groups attached to an aromatic ring is 1. The lowest BCUT2D eigenvalue weighted by Gasteiger charge is -2.03. The lowest BCUT2D eigenvalue weighted by Crippen LogP contribution is -2.19. The summed E-state index contributed by atoms with van der Waals surface area (Å²) in [6.45, 7) is 0. The number of nitrogens with two attached hydrogens (primary N) is 1. The molecule has 0 saturated heterocycles. The van der Waals surface area contributed by atoms with Gasteiger partial charge in [-0.25, -0.2) is 9.78 Å². The molecule has 0 atom stereocenters. The maximum absolute atomic E-state index is 11.3. The van der Waals surface area contributed by atoms with Gasteiger partial charge >= 0.3 is 5.69 Å². The van der Waals surface area contributed by atoms with Gasteiger partial charge in [0.15, 0.2) is 0 Å². The van der Waals surface area contributed by atoms with Crippen molar-refractivity contribution in [2.75, 3.05) is 5.73 Å². The average Bonchev–Trinajstić information content (AvgIpc) is 2.20. The fraction of sp³-hybridized carbons (Fsp3) is 0. The third-order valence-electron chi connectivity index (χ3n) is 1.88. The number of nitrogens with zero attached hydrogens (tertiary/aromatic N) is 2. The molecule has 0 aliphatic rings. The van der Waals surface area contributed by atoms with Gasteiger partial charge in [-0.1, -0.05) is 0 Å². The van der Waals surface area contributed by atoms with Gasteiger partial charge < -0.3 is 5.73 Å². The van der Waals surface area contributed by atoms with Crippen molar-refractivity contribution >= 4 is 5.69 Å². The van der Waals surface area contributed by atoms with Crippen molar-refractivity contribution in [2.24, 2.45) is 0 Å². The van der Waals surface area contributed by atoms with Gasteiger partial charge in [0.25, 0.3) is 0 Å². The molecule has 2 aromatic rings. The summed E-state index contributed by atoms with van der Waals surface area (Å²) < 4.78 is 1.46. The van der Waals surface area contributed by atoms with E-state index >= 15 is 0 Å². The molecule has 4 nitrogen and oxygen atoms in total. The van der Waals surface area contributed by atoms with Crippen molar-refractivity contribution < 1.29 is 0 Å². The highest BCUT2D eigenvalue weighted by molar-refractivity contribution is 5.44. The summed E-state index contributed by atoms with van der Waals surface area (Å²) in [4.78, 5) is 15.0. The van der Waals surface area contributed by atoms with Crippen LogP contribution in [0.25, 0.3) is 5.69 Å². The third kappa shape index (κ3) is 1.50. The minimum Gasteiger partial charge on any atom is -0.399 e. The van der Waals surface area contributed by atoms with Crippen LogP contribution in [0.2, 0.25) is 0 Å². The first-order valence-electron chi connectivity index (χ1n) is 4.17. The highest BCUT2D eigenvalue weighted by Gasteiger charge is 1.97. The summed E-state index contributed by atoms with van der Waals surface area (Å²) in [6.07, 6.45) is 3.14. The molecule has 0 fully saturated rings. The van der Waals surface area contributed by atoms with E-state index in [1.54, 1.807) is 36.5 Å². The Bertz CT molecular complexity index is 487. The summed E-state index contributed by atoms with van der Waals surface area (Å²) in [5.74, 6) is 0. The Morgan fingerprint density at radius 3 is 2.57 bits per heavy atom. The Morgan fingerprint density at radius 2 is 1.93 bits per heavy atom. The summed E-state index contributed by atoms with van der Waals surface area (Å²) >= 11 is 0. The van der Waals surface area contributed by atoms with Crippen LogP contribution in [0.15, 0.2) is 47.5 Å². The molecular weight excluding hydrogens is 178 g/mol. The first-order chi connectivity index (χ1) is 6.77. The second-order valence-electron chi connectivity index (χ2n) is 2.86. The topological polar surface area (TPSA) is 60.9 Å². The summed E-state index contributed by atoms with van der Waals surface area (Å²) in [5, 5.41) is 0. The van der Waals surface area contributed by atoms with Crippen LogP contribution in [0.3, 0.4) is 0 Å². The molecule has 0 unspecified atom stereocenters. The van der Waals surface area contributed by atoms with Crippen LogP contribution in [0, 0.1) is 0 Å². The number of rotatable bonds is 1. The van der Waals surface area contributed by atoms with Crippen molar-refractivity contribution in [3.05, 3.63) is 53.2 Å². The Hall–Kier alpha value is -2.10. The zero-order chi connectivity index (χ0) is 9.97. The molecule has 0 saturated carbocycles. The molecule has 2 N–H and O–H groups in total. The molecule has 1 aromatic heterocycles. The molecule has 4 heteroatoms. The molecule has 0 aliphatic heterocycles. The molecule has 1 heterocycles. The standard InChI is InChI=1S/C10H9N3O/c11-8-2-4-9(5-3-8)13-7-1-6-12-10(13)14/h1-7H,11H2. The van der Waals surface area contributed by atoms with E-state index in [0.29, 0.717) is 5.69 Å². The van der Waals surface area contributed by atoms with Crippen LogP contribution in [0.5, 0.6) is 0 Å². The van der Waals surface area contributed by atoms with Gasteiger partial charge in [0.2, 0.25) is 0 Å². The predicted molar refractivity (Wildman–Crippen MR) is 54.2 cm³/mol. The Balaban J connectivity index is 2.56. The van der Waals surface area contributed by atoms with E-state index in [0.717, 1.165) is 5.69 Å². The van der Waals surface area contributed by atoms with E-state index in [2.05, 4.69) is 4.98 Å². The van der Waals surface area contributed by atoms with E-state index in [4.69, 9.17) is 5.73 Å². The van der Waals surface area contributed by atoms with Crippen LogP contribution in [0.4, 0.5) is 5.69 Å². The van der Waals surface area contributed by atoms with Gasteiger partial charge in [-0.2, -0.15) is 0 Å². The fourth-order valence-corrected chi connectivity index (χ4v) is 1.19. The van der Waals surface area contributed by atoms with Crippen molar-refractivity contribution in [1.29, 1.82) is 0 Å². The molecule has 0 spiro atoms. The van der Waals surface area contributed by atoms with Crippen molar-refractivity contribution in [3.8, 4) is 5.69 Å². The van der Waals surface area contributed by atoms with Gasteiger partial charge in [0.05, 0.1) is 5.69 Å². The van der Waals surface area contributed by atoms with E-state index in [-0.39, 0.29) is 5.69 Å². The van der Waals surface area contributed by atoms with Gasteiger partial charge in [0, 0.05) is 18.1 Å². The van der Waals surface area contributed by atoms with Crippen LogP contribution >= 0.6 is 0 Å². The molecule has 2 rings (SSSR count). The number of hydrogen-bond acceptors (Lipinski definition) is 3. The average molecular weight is 187 g/mol. The van der Waals surface area contributed by atoms with Crippen molar-refractivity contribution in [3.63, 3.8) is 0 Å². The predicted octanol–water partition coefficient (Wildman–Crippen LogP) is 0.815. The van der Waals surface area contributed by atoms with E-state index < -0.39 is 0 Å². The maximum Gasteiger partial charge on any atom is 0.352 e. The number of hydrogen-bond donors (Lipinski definition) is 1. The highest BCUT2D eigenvalue weighted by Crippen LogP contribution is 2.07. The molecule has 0 radical (unpaired) electrons. The Morgan fingerprint density at radius 1 is 1.21 bits per heavy atom. The second kappa shape index (κ2) is 3.33. The van der Waals surface area contributed by atoms with E-state index in [1.165, 1.54) is 10.8 Å². The van der Waals surface area contributed by atoms with E-state index in [9.17, 15) is 4.79 Å². The van der Waals surface area contributed by atoms with Crippen molar-refractivity contribution in [1.82, 2.24) is 9.55 Å². The zero-order valence-corrected chi connectivity index (χ0v) is 7.42. The fourth-order valence-electron chi connectivity index (χ4n) is 1.19. The first kappa shape index (κ1) is 8.50. The van der Waals surface area contributed by atoms with Gasteiger partial charge in [0.1, 0.15) is 0 Å². The minimum absolute atomic E-state index is 0.294. The maximum atomic E-state index is 11.3. The van der Waals surface area contributed by atoms with Gasteiger partial charge in [-0.3, -0.25) is 4.57 Å². The Labute approximate surface area is 80.6 Å². The molecule has 70 valence electrons. The molecule has 0 aliphatic carbocycles. The zero-order valence-electron chi connectivity index (χ0n) is 7.42. The molecular formula is C10H9N3O. The van der Waals surface area contributed by atoms with Crippen LogP contribution in [-0.4, -0.2) is 9.55 Å². The summed E-state index contributed by atoms with van der Waals surface area (Å²) in [7, 11) is 0. The van der Waals surface area contributed by atoms with Crippen LogP contribution < -0.4 is 11.4 Å². The number of aromatic nitrogens is 2. The SMILES string of the molecule is Nc1ccc(-n2cccnc2=O)cc1. The van der Waals surface area contributed by atoms with Crippen LogP contribution in [0.1, 0.15) is 0 Å². The van der Waals surface area contributed by atoms with Gasteiger partial charge in [-0.15, -0.1) is 0 Å². The second-order valence-corrected chi connectivity index (χ2v) is 2.86. The summed E-state index contributed by atoms with van der Waals surface area (Å²) in [6, 6.07) is 8.75. The monoisotopic (exact) mass is 187 g/mol. The summed E-state index contributed by atoms with van der Waals surface area (Å²) in [5.41, 5.74) is 6.68. The lowest BCUT2D eigenvalue weighted by molar-refractivity contribution is 0.914.